The number of aliphatic carboxylic acids is 1. The molecule has 0 aliphatic rings. The third kappa shape index (κ3) is 3.72. The van der Waals surface area contributed by atoms with Crippen LogP contribution in [0.2, 0.25) is 0 Å². The van der Waals surface area contributed by atoms with Crippen molar-refractivity contribution in [1.82, 2.24) is 0 Å². The largest absolute Gasteiger partial charge is 0.508 e. The van der Waals surface area contributed by atoms with Crippen LogP contribution < -0.4 is 5.32 Å². The van der Waals surface area contributed by atoms with Crippen molar-refractivity contribution in [2.75, 3.05) is 5.32 Å². The van der Waals surface area contributed by atoms with Crippen molar-refractivity contribution in [3.05, 3.63) is 64.2 Å². The van der Waals surface area contributed by atoms with Crippen LogP contribution >= 0.6 is 0 Å². The number of hydrogen-bond acceptors (Lipinski definition) is 5. The number of hydrogen-bond donors (Lipinski definition) is 3. The van der Waals surface area contributed by atoms with Gasteiger partial charge in [0.05, 0.1) is 4.92 Å². The molecule has 22 heavy (non-hydrogen) atoms. The molecule has 0 amide bonds. The highest BCUT2D eigenvalue weighted by atomic mass is 16.6. The van der Waals surface area contributed by atoms with E-state index in [4.69, 9.17) is 0 Å². The van der Waals surface area contributed by atoms with Crippen LogP contribution in [0.5, 0.6) is 5.75 Å². The minimum atomic E-state index is -1.12. The highest BCUT2D eigenvalue weighted by Crippen LogP contribution is 2.24. The maximum Gasteiger partial charge on any atom is 0.326 e. The summed E-state index contributed by atoms with van der Waals surface area (Å²) in [7, 11) is 0. The number of aromatic hydroxyl groups is 1. The summed E-state index contributed by atoms with van der Waals surface area (Å²) in [6.07, 6.45) is 0.127. The molecule has 114 valence electrons. The number of carboxylic acid groups (broad SMARTS) is 1. The molecule has 0 unspecified atom stereocenters. The Bertz CT molecular complexity index is 685. The molecule has 0 saturated carbocycles. The van der Waals surface area contributed by atoms with Gasteiger partial charge in [0.15, 0.2) is 0 Å². The number of phenols is 1. The van der Waals surface area contributed by atoms with E-state index in [-0.39, 0.29) is 23.5 Å². The van der Waals surface area contributed by atoms with Crippen molar-refractivity contribution in [3.63, 3.8) is 0 Å². The van der Waals surface area contributed by atoms with Crippen molar-refractivity contribution in [2.45, 2.75) is 12.5 Å². The molecule has 2 aromatic rings. The minimum absolute atomic E-state index is 0.0854. The quantitative estimate of drug-likeness (QED) is 0.558. The number of benzene rings is 2. The summed E-state index contributed by atoms with van der Waals surface area (Å²) in [5.74, 6) is -1.03. The molecule has 2 aromatic carbocycles. The number of nitro groups is 1. The molecule has 1 atom stereocenters. The van der Waals surface area contributed by atoms with Crippen molar-refractivity contribution in [2.24, 2.45) is 0 Å². The van der Waals surface area contributed by atoms with Gasteiger partial charge in [-0.1, -0.05) is 24.3 Å². The normalized spacial score (nSPS) is 11.6. The summed E-state index contributed by atoms with van der Waals surface area (Å²) in [4.78, 5) is 21.8. The first-order chi connectivity index (χ1) is 10.5. The van der Waals surface area contributed by atoms with Gasteiger partial charge >= 0.3 is 5.97 Å². The number of phenolic OH excluding ortho intramolecular Hbond substituents is 1. The first kappa shape index (κ1) is 15.3. The van der Waals surface area contributed by atoms with E-state index in [2.05, 4.69) is 5.32 Å². The Labute approximate surface area is 126 Å². The van der Waals surface area contributed by atoms with Crippen LogP contribution in [0, 0.1) is 10.1 Å². The number of para-hydroxylation sites is 2. The van der Waals surface area contributed by atoms with E-state index in [9.17, 15) is 25.1 Å². The van der Waals surface area contributed by atoms with Crippen LogP contribution in [-0.2, 0) is 11.2 Å². The van der Waals surface area contributed by atoms with Crippen LogP contribution in [0.1, 0.15) is 5.56 Å². The zero-order valence-corrected chi connectivity index (χ0v) is 11.5. The van der Waals surface area contributed by atoms with Crippen LogP contribution in [0.4, 0.5) is 11.4 Å². The predicted molar refractivity (Wildman–Crippen MR) is 80.0 cm³/mol. The monoisotopic (exact) mass is 302 g/mol. The van der Waals surface area contributed by atoms with Gasteiger partial charge in [-0.2, -0.15) is 0 Å². The van der Waals surface area contributed by atoms with Gasteiger partial charge in [0.25, 0.3) is 5.69 Å². The third-order valence-electron chi connectivity index (χ3n) is 3.10. The van der Waals surface area contributed by atoms with E-state index < -0.39 is 16.9 Å². The molecular weight excluding hydrogens is 288 g/mol. The molecule has 0 radical (unpaired) electrons. The van der Waals surface area contributed by atoms with Crippen LogP contribution in [0.25, 0.3) is 0 Å². The summed E-state index contributed by atoms with van der Waals surface area (Å²) in [5, 5.41) is 32.2. The van der Waals surface area contributed by atoms with Gasteiger partial charge in [-0.3, -0.25) is 10.1 Å². The van der Waals surface area contributed by atoms with Crippen molar-refractivity contribution < 1.29 is 19.9 Å². The van der Waals surface area contributed by atoms with Crippen LogP contribution in [0.3, 0.4) is 0 Å². The molecular formula is C15H14N2O5. The van der Waals surface area contributed by atoms with Gasteiger partial charge in [0, 0.05) is 12.5 Å². The first-order valence-electron chi connectivity index (χ1n) is 6.48. The molecule has 0 aliphatic heterocycles. The van der Waals surface area contributed by atoms with Gasteiger partial charge in [0.1, 0.15) is 17.5 Å². The van der Waals surface area contributed by atoms with Gasteiger partial charge < -0.3 is 15.5 Å². The van der Waals surface area contributed by atoms with E-state index >= 15 is 0 Å². The number of anilines is 1. The lowest BCUT2D eigenvalue weighted by Crippen LogP contribution is -2.31. The predicted octanol–water partition coefficient (Wildman–Crippen LogP) is 2.41. The van der Waals surface area contributed by atoms with E-state index in [1.807, 2.05) is 0 Å². The van der Waals surface area contributed by atoms with E-state index in [1.54, 1.807) is 18.2 Å². The van der Waals surface area contributed by atoms with E-state index in [0.717, 1.165) is 0 Å². The lowest BCUT2D eigenvalue weighted by Gasteiger charge is -2.16. The van der Waals surface area contributed by atoms with Crippen molar-refractivity contribution in [3.8, 4) is 5.75 Å². The zero-order valence-electron chi connectivity index (χ0n) is 11.5. The summed E-state index contributed by atoms with van der Waals surface area (Å²) in [6.45, 7) is 0. The summed E-state index contributed by atoms with van der Waals surface area (Å²) in [6, 6.07) is 11.0. The lowest BCUT2D eigenvalue weighted by molar-refractivity contribution is -0.384. The van der Waals surface area contributed by atoms with Crippen molar-refractivity contribution in [1.29, 1.82) is 0 Å². The molecule has 0 aromatic heterocycles. The topological polar surface area (TPSA) is 113 Å². The fourth-order valence-corrected chi connectivity index (χ4v) is 2.01. The number of nitro benzene ring substituents is 1. The summed E-state index contributed by atoms with van der Waals surface area (Å²) in [5.41, 5.74) is 0.661. The molecule has 2 rings (SSSR count). The van der Waals surface area contributed by atoms with Gasteiger partial charge in [-0.05, 0) is 23.8 Å². The Kier molecular flexibility index (Phi) is 4.57. The van der Waals surface area contributed by atoms with Gasteiger partial charge in [-0.25, -0.2) is 4.79 Å². The minimum Gasteiger partial charge on any atom is -0.508 e. The highest BCUT2D eigenvalue weighted by molar-refractivity contribution is 5.79. The van der Waals surface area contributed by atoms with E-state index in [0.29, 0.717) is 5.56 Å². The maximum absolute atomic E-state index is 11.4. The number of rotatable bonds is 6. The molecule has 0 aliphatic carbocycles. The second kappa shape index (κ2) is 6.57. The Morgan fingerprint density at radius 1 is 1.18 bits per heavy atom. The van der Waals surface area contributed by atoms with Gasteiger partial charge in [0.2, 0.25) is 0 Å². The Morgan fingerprint density at radius 2 is 1.82 bits per heavy atom. The molecule has 7 heteroatoms. The maximum atomic E-state index is 11.4. The average Bonchev–Trinajstić information content (AvgIpc) is 2.49. The first-order valence-corrected chi connectivity index (χ1v) is 6.48. The fraction of sp³-hybridized carbons (Fsp3) is 0.133. The second-order valence-electron chi connectivity index (χ2n) is 4.68. The Hall–Kier alpha value is -3.09. The molecule has 0 spiro atoms. The Balaban J connectivity index is 2.21. The molecule has 7 nitrogen and oxygen atoms in total. The van der Waals surface area contributed by atoms with Crippen LogP contribution in [-0.4, -0.2) is 27.1 Å². The van der Waals surface area contributed by atoms with Crippen molar-refractivity contribution >= 4 is 17.3 Å². The average molecular weight is 302 g/mol. The SMILES string of the molecule is O=C(O)[C@H](Cc1ccc(O)cc1)Nc1ccccc1[N+](=O)[O-]. The Morgan fingerprint density at radius 3 is 2.41 bits per heavy atom. The molecule has 0 bridgehead atoms. The number of carbonyl (C=O) groups is 1. The number of carboxylic acids is 1. The van der Waals surface area contributed by atoms with Crippen LogP contribution in [0.15, 0.2) is 48.5 Å². The fourth-order valence-electron chi connectivity index (χ4n) is 2.01. The molecule has 0 fully saturated rings. The molecule has 0 heterocycles. The third-order valence-corrected chi connectivity index (χ3v) is 3.10. The smallest absolute Gasteiger partial charge is 0.326 e. The number of nitrogens with zero attached hydrogens (tertiary/aromatic N) is 1. The summed E-state index contributed by atoms with van der Waals surface area (Å²) >= 11 is 0. The second-order valence-corrected chi connectivity index (χ2v) is 4.68. The standard InChI is InChI=1S/C15H14N2O5/c18-11-7-5-10(6-8-11)9-13(15(19)20)16-12-3-1-2-4-14(12)17(21)22/h1-8,13,16,18H,9H2,(H,19,20)/t13-/m0/s1. The lowest BCUT2D eigenvalue weighted by atomic mass is 10.1. The zero-order chi connectivity index (χ0) is 16.1. The molecule has 3 N–H and O–H groups in total. The van der Waals surface area contributed by atoms with Gasteiger partial charge in [-0.15, -0.1) is 0 Å². The highest BCUT2D eigenvalue weighted by Gasteiger charge is 2.22. The molecule has 0 saturated heterocycles. The van der Waals surface area contributed by atoms with E-state index in [1.165, 1.54) is 30.3 Å². The summed E-state index contributed by atoms with van der Waals surface area (Å²) < 4.78 is 0. The number of nitrogens with one attached hydrogen (secondary N) is 1.